The third kappa shape index (κ3) is 0.538. The van der Waals surface area contributed by atoms with Crippen molar-refractivity contribution in [2.45, 2.75) is 11.2 Å². The Labute approximate surface area is 40.0 Å². The van der Waals surface area contributed by atoms with Crippen molar-refractivity contribution in [1.29, 1.82) is 0 Å². The molecule has 0 radical (unpaired) electrons. The van der Waals surface area contributed by atoms with Gasteiger partial charge in [-0.25, -0.2) is 0 Å². The van der Waals surface area contributed by atoms with E-state index in [4.69, 9.17) is 0 Å². The highest BCUT2D eigenvalue weighted by molar-refractivity contribution is 9.09. The topological polar surface area (TPSA) is 0 Å². The van der Waals surface area contributed by atoms with Crippen molar-refractivity contribution >= 4 is 15.9 Å². The Kier molecular flexibility index (Phi) is 0.772. The molecule has 5 heavy (non-hydrogen) atoms. The Morgan fingerprint density at radius 1 is 1.80 bits per heavy atom. The molecule has 0 bridgehead atoms. The van der Waals surface area contributed by atoms with Crippen LogP contribution in [-0.2, 0) is 0 Å². The summed E-state index contributed by atoms with van der Waals surface area (Å²) in [6.45, 7) is 0. The smallest absolute Gasteiger partial charge is 0.0359 e. The molecular weight excluding hydrogens is 128 g/mol. The van der Waals surface area contributed by atoms with Crippen LogP contribution >= 0.6 is 15.9 Å². The summed E-state index contributed by atoms with van der Waals surface area (Å²) in [6, 6.07) is 0. The molecule has 1 rings (SSSR count). The maximum atomic E-state index is 3.37. The fourth-order valence-electron chi connectivity index (χ4n) is 0.239. The number of alkyl halides is 1. The molecule has 0 spiro atoms. The Bertz CT molecular complexity index is 56.7. The number of rotatable bonds is 0. The average molecular weight is 133 g/mol. The SMILES string of the molecule is BrC1C=CC1. The Morgan fingerprint density at radius 3 is 2.20 bits per heavy atom. The molecule has 1 aliphatic rings. The molecule has 0 aromatic heterocycles. The van der Waals surface area contributed by atoms with Crippen LogP contribution in [0, 0.1) is 0 Å². The Morgan fingerprint density at radius 2 is 2.20 bits per heavy atom. The molecule has 0 aliphatic heterocycles. The highest BCUT2D eigenvalue weighted by Crippen LogP contribution is 2.15. The van der Waals surface area contributed by atoms with Gasteiger partial charge in [0.2, 0.25) is 0 Å². The van der Waals surface area contributed by atoms with E-state index in [1.165, 1.54) is 6.42 Å². The summed E-state index contributed by atoms with van der Waals surface area (Å²) in [4.78, 5) is 0.697. The first-order chi connectivity index (χ1) is 2.39. The summed E-state index contributed by atoms with van der Waals surface area (Å²) in [5.74, 6) is 0. The zero-order valence-corrected chi connectivity index (χ0v) is 4.40. The van der Waals surface area contributed by atoms with Gasteiger partial charge in [0.1, 0.15) is 0 Å². The van der Waals surface area contributed by atoms with Gasteiger partial charge in [0, 0.05) is 4.83 Å². The Balaban J connectivity index is 2.39. The van der Waals surface area contributed by atoms with E-state index >= 15 is 0 Å². The van der Waals surface area contributed by atoms with E-state index in [0.717, 1.165) is 0 Å². The van der Waals surface area contributed by atoms with E-state index in [-0.39, 0.29) is 0 Å². The molecule has 0 heterocycles. The third-order valence-corrected chi connectivity index (χ3v) is 1.39. The zero-order chi connectivity index (χ0) is 3.70. The summed E-state index contributed by atoms with van der Waals surface area (Å²) < 4.78 is 0. The zero-order valence-electron chi connectivity index (χ0n) is 2.82. The number of hydrogen-bond acceptors (Lipinski definition) is 0. The summed E-state index contributed by atoms with van der Waals surface area (Å²) in [5, 5.41) is 0. The maximum Gasteiger partial charge on any atom is 0.0359 e. The largest absolute Gasteiger partial charge is 0.0860 e. The molecule has 0 fully saturated rings. The lowest BCUT2D eigenvalue weighted by Crippen LogP contribution is -1.97. The van der Waals surface area contributed by atoms with Gasteiger partial charge < -0.3 is 0 Å². The molecular formula is C4H5Br. The van der Waals surface area contributed by atoms with E-state index in [0.29, 0.717) is 4.83 Å². The lowest BCUT2D eigenvalue weighted by molar-refractivity contribution is 1.00. The summed E-state index contributed by atoms with van der Waals surface area (Å²) in [6.07, 6.45) is 5.51. The molecule has 0 N–H and O–H groups in total. The van der Waals surface area contributed by atoms with Gasteiger partial charge in [-0.05, 0) is 6.42 Å². The van der Waals surface area contributed by atoms with Crippen LogP contribution in [0.5, 0.6) is 0 Å². The van der Waals surface area contributed by atoms with E-state index in [2.05, 4.69) is 28.1 Å². The average Bonchev–Trinajstić information content (AvgIpc) is 1.30. The molecule has 0 nitrogen and oxygen atoms in total. The van der Waals surface area contributed by atoms with Crippen LogP contribution in [0.4, 0.5) is 0 Å². The second-order valence-corrected chi connectivity index (χ2v) is 2.36. The molecule has 1 aliphatic carbocycles. The van der Waals surface area contributed by atoms with Crippen molar-refractivity contribution in [3.8, 4) is 0 Å². The highest BCUT2D eigenvalue weighted by Gasteiger charge is 2.01. The van der Waals surface area contributed by atoms with Crippen LogP contribution in [0.25, 0.3) is 0 Å². The van der Waals surface area contributed by atoms with Crippen LogP contribution in [0.15, 0.2) is 12.2 Å². The number of hydrogen-bond donors (Lipinski definition) is 0. The first-order valence-electron chi connectivity index (χ1n) is 1.70. The van der Waals surface area contributed by atoms with Crippen molar-refractivity contribution in [3.05, 3.63) is 12.2 Å². The van der Waals surface area contributed by atoms with E-state index in [1.807, 2.05) is 0 Å². The maximum absolute atomic E-state index is 3.37. The molecule has 0 saturated heterocycles. The van der Waals surface area contributed by atoms with Crippen molar-refractivity contribution in [3.63, 3.8) is 0 Å². The highest BCUT2D eigenvalue weighted by atomic mass is 79.9. The summed E-state index contributed by atoms with van der Waals surface area (Å²) >= 11 is 3.37. The monoisotopic (exact) mass is 132 g/mol. The molecule has 0 aromatic rings. The lowest BCUT2D eigenvalue weighted by Gasteiger charge is -2.05. The summed E-state index contributed by atoms with van der Waals surface area (Å²) in [7, 11) is 0. The van der Waals surface area contributed by atoms with Gasteiger partial charge in [0.15, 0.2) is 0 Å². The second-order valence-electron chi connectivity index (χ2n) is 1.18. The molecule has 1 heteroatoms. The fourth-order valence-corrected chi connectivity index (χ4v) is 0.671. The van der Waals surface area contributed by atoms with Crippen LogP contribution in [-0.4, -0.2) is 4.83 Å². The predicted octanol–water partition coefficient (Wildman–Crippen LogP) is 1.71. The first-order valence-corrected chi connectivity index (χ1v) is 2.62. The van der Waals surface area contributed by atoms with Gasteiger partial charge in [-0.15, -0.1) is 0 Å². The molecule has 1 atom stereocenters. The summed E-state index contributed by atoms with van der Waals surface area (Å²) in [5.41, 5.74) is 0. The van der Waals surface area contributed by atoms with Crippen molar-refractivity contribution in [2.24, 2.45) is 0 Å². The Hall–Kier alpha value is 0.220. The van der Waals surface area contributed by atoms with Crippen LogP contribution in [0.3, 0.4) is 0 Å². The quantitative estimate of drug-likeness (QED) is 0.348. The number of halogens is 1. The standard InChI is InChI=1S/C4H5Br/c5-4-2-1-3-4/h1-2,4H,3H2. The number of allylic oxidation sites excluding steroid dienone is 2. The third-order valence-electron chi connectivity index (χ3n) is 0.706. The molecule has 28 valence electrons. The minimum Gasteiger partial charge on any atom is -0.0860 e. The molecule has 0 amide bonds. The van der Waals surface area contributed by atoms with Crippen molar-refractivity contribution in [2.75, 3.05) is 0 Å². The van der Waals surface area contributed by atoms with Gasteiger partial charge in [-0.2, -0.15) is 0 Å². The van der Waals surface area contributed by atoms with Gasteiger partial charge in [0.25, 0.3) is 0 Å². The van der Waals surface area contributed by atoms with Crippen LogP contribution in [0.1, 0.15) is 6.42 Å². The van der Waals surface area contributed by atoms with Gasteiger partial charge >= 0.3 is 0 Å². The van der Waals surface area contributed by atoms with Gasteiger partial charge in [-0.3, -0.25) is 0 Å². The molecule has 0 saturated carbocycles. The van der Waals surface area contributed by atoms with E-state index in [1.54, 1.807) is 0 Å². The minimum atomic E-state index is 0.697. The minimum absolute atomic E-state index is 0.697. The predicted molar refractivity (Wildman–Crippen MR) is 26.5 cm³/mol. The second kappa shape index (κ2) is 1.13. The van der Waals surface area contributed by atoms with Gasteiger partial charge in [-0.1, -0.05) is 28.1 Å². The van der Waals surface area contributed by atoms with Gasteiger partial charge in [0.05, 0.1) is 0 Å². The fraction of sp³-hybridized carbons (Fsp3) is 0.500. The lowest BCUT2D eigenvalue weighted by atomic mass is 10.1. The van der Waals surface area contributed by atoms with Crippen LogP contribution in [0.2, 0.25) is 0 Å². The normalized spacial score (nSPS) is 33.4. The first kappa shape index (κ1) is 3.41. The molecule has 1 unspecified atom stereocenters. The van der Waals surface area contributed by atoms with Crippen molar-refractivity contribution in [1.82, 2.24) is 0 Å². The van der Waals surface area contributed by atoms with Crippen molar-refractivity contribution < 1.29 is 0 Å². The molecule has 0 aromatic carbocycles. The van der Waals surface area contributed by atoms with Crippen LogP contribution < -0.4 is 0 Å². The van der Waals surface area contributed by atoms with E-state index in [9.17, 15) is 0 Å². The van der Waals surface area contributed by atoms with E-state index < -0.39 is 0 Å².